The van der Waals surface area contributed by atoms with Crippen LogP contribution < -0.4 is 0 Å². The van der Waals surface area contributed by atoms with Crippen molar-refractivity contribution in [2.24, 2.45) is 0 Å². The molecule has 0 radical (unpaired) electrons. The number of ether oxygens (including phenoxy) is 2. The predicted molar refractivity (Wildman–Crippen MR) is 92.8 cm³/mol. The van der Waals surface area contributed by atoms with Crippen molar-refractivity contribution in [2.75, 3.05) is 13.2 Å². The Morgan fingerprint density at radius 1 is 1.00 bits per heavy atom. The summed E-state index contributed by atoms with van der Waals surface area (Å²) in [7, 11) is -4.68. The van der Waals surface area contributed by atoms with Gasteiger partial charge in [0, 0.05) is 5.39 Å². The van der Waals surface area contributed by atoms with Gasteiger partial charge in [-0.3, -0.25) is 4.55 Å². The van der Waals surface area contributed by atoms with Crippen molar-refractivity contribution in [3.05, 3.63) is 41.5 Å². The Hall–Kier alpha value is -1.45. The van der Waals surface area contributed by atoms with Crippen LogP contribution in [-0.4, -0.2) is 67.7 Å². The number of hydrogen-bond donors (Lipinski definition) is 1. The van der Waals surface area contributed by atoms with E-state index < -0.39 is 27.0 Å². The van der Waals surface area contributed by atoms with Crippen LogP contribution in [0.4, 0.5) is 0 Å². The number of benzene rings is 2. The second kappa shape index (κ2) is 8.77. The fourth-order valence-electron chi connectivity index (χ4n) is 2.29. The molecule has 0 bridgehead atoms. The van der Waals surface area contributed by atoms with Gasteiger partial charge in [-0.05, 0) is 37.4 Å². The zero-order valence-electron chi connectivity index (χ0n) is 13.1. The van der Waals surface area contributed by atoms with E-state index in [1.807, 2.05) is 0 Å². The average molecular weight is 376 g/mol. The summed E-state index contributed by atoms with van der Waals surface area (Å²) in [6.07, 6.45) is 0. The van der Waals surface area contributed by atoms with Crippen LogP contribution in [-0.2, 0) is 19.6 Å². The molecule has 0 saturated carbocycles. The molecule has 0 aliphatic carbocycles. The first-order valence-electron chi connectivity index (χ1n) is 7.18. The Balaban J connectivity index is 0.00000312. The molecule has 0 aromatic heterocycles. The fourth-order valence-corrected chi connectivity index (χ4v) is 3.18. The monoisotopic (exact) mass is 376 g/mol. The van der Waals surface area contributed by atoms with Crippen LogP contribution in [0.2, 0.25) is 0 Å². The van der Waals surface area contributed by atoms with Crippen molar-refractivity contribution in [3.8, 4) is 0 Å². The summed E-state index contributed by atoms with van der Waals surface area (Å²) in [5.74, 6) is -1.41. The van der Waals surface area contributed by atoms with E-state index in [1.165, 1.54) is 30.3 Å². The summed E-state index contributed by atoms with van der Waals surface area (Å²) in [6, 6.07) is 6.84. The maximum absolute atomic E-state index is 11.9. The molecule has 0 aliphatic rings. The summed E-state index contributed by atoms with van der Waals surface area (Å²) in [5.41, 5.74) is -0.0368. The Labute approximate surface area is 167 Å². The van der Waals surface area contributed by atoms with Crippen molar-refractivity contribution >= 4 is 62.4 Å². The number of fused-ring (bicyclic) bond motifs is 1. The Morgan fingerprint density at radius 2 is 1.60 bits per heavy atom. The number of rotatable bonds is 5. The summed E-state index contributed by atoms with van der Waals surface area (Å²) < 4.78 is 42.7. The van der Waals surface area contributed by atoms with E-state index >= 15 is 0 Å². The molecule has 2 rings (SSSR count). The third-order valence-electron chi connectivity index (χ3n) is 3.23. The van der Waals surface area contributed by atoms with E-state index in [-0.39, 0.29) is 59.3 Å². The van der Waals surface area contributed by atoms with E-state index in [2.05, 4.69) is 0 Å². The molecule has 0 amide bonds. The maximum atomic E-state index is 11.9. The van der Waals surface area contributed by atoms with Crippen LogP contribution in [0.1, 0.15) is 34.6 Å². The molecule has 25 heavy (non-hydrogen) atoms. The van der Waals surface area contributed by atoms with Crippen molar-refractivity contribution in [1.82, 2.24) is 0 Å². The Morgan fingerprint density at radius 3 is 2.16 bits per heavy atom. The Kier molecular flexibility index (Phi) is 7.58. The van der Waals surface area contributed by atoms with Crippen LogP contribution in [0.15, 0.2) is 35.2 Å². The second-order valence-corrected chi connectivity index (χ2v) is 6.15. The summed E-state index contributed by atoms with van der Waals surface area (Å²) in [6.45, 7) is 3.51. The average Bonchev–Trinajstić information content (AvgIpc) is 2.52. The molecule has 0 atom stereocenters. The molecule has 130 valence electrons. The summed E-state index contributed by atoms with van der Waals surface area (Å²) in [4.78, 5) is 23.2. The molecule has 0 aliphatic heterocycles. The van der Waals surface area contributed by atoms with Crippen molar-refractivity contribution < 1.29 is 32.0 Å². The quantitative estimate of drug-likeness (QED) is 0.482. The molecule has 0 heterocycles. The molecular weight excluding hydrogens is 359 g/mol. The number of carbonyl (C=O) groups excluding carboxylic acids is 2. The SMILES string of the molecule is CCOC(=O)c1ccc2c(S(=O)(=O)O)c(C(=O)OCC)ccc2c1.[NaH]. The molecule has 0 spiro atoms. The van der Waals surface area contributed by atoms with Gasteiger partial charge in [-0.2, -0.15) is 8.42 Å². The topological polar surface area (TPSA) is 107 Å². The van der Waals surface area contributed by atoms with Crippen molar-refractivity contribution in [1.29, 1.82) is 0 Å². The van der Waals surface area contributed by atoms with E-state index in [9.17, 15) is 22.6 Å². The fraction of sp³-hybridized carbons (Fsp3) is 0.250. The summed E-state index contributed by atoms with van der Waals surface area (Å²) >= 11 is 0. The normalized spacial score (nSPS) is 10.8. The van der Waals surface area contributed by atoms with Gasteiger partial charge in [-0.15, -0.1) is 0 Å². The van der Waals surface area contributed by atoms with Gasteiger partial charge in [0.25, 0.3) is 10.1 Å². The summed E-state index contributed by atoms with van der Waals surface area (Å²) in [5, 5.41) is 0.470. The van der Waals surface area contributed by atoms with Crippen LogP contribution in [0.5, 0.6) is 0 Å². The third-order valence-corrected chi connectivity index (χ3v) is 4.19. The van der Waals surface area contributed by atoms with E-state index in [4.69, 9.17) is 9.47 Å². The molecular formula is C16H17NaO7S. The van der Waals surface area contributed by atoms with Crippen LogP contribution in [0.3, 0.4) is 0 Å². The Bertz CT molecular complexity index is 906. The second-order valence-electron chi connectivity index (χ2n) is 4.79. The molecule has 2 aromatic rings. The van der Waals surface area contributed by atoms with Gasteiger partial charge in [-0.1, -0.05) is 12.1 Å². The van der Waals surface area contributed by atoms with Gasteiger partial charge in [0.15, 0.2) is 0 Å². The first-order valence-corrected chi connectivity index (χ1v) is 8.62. The van der Waals surface area contributed by atoms with Crippen LogP contribution in [0, 0.1) is 0 Å². The molecule has 0 saturated heterocycles. The number of carbonyl (C=O) groups is 2. The van der Waals surface area contributed by atoms with Gasteiger partial charge < -0.3 is 9.47 Å². The molecule has 9 heteroatoms. The van der Waals surface area contributed by atoms with E-state index in [0.717, 1.165) is 0 Å². The van der Waals surface area contributed by atoms with Gasteiger partial charge in [0.05, 0.1) is 24.3 Å². The molecule has 7 nitrogen and oxygen atoms in total. The minimum absolute atomic E-state index is 0. The van der Waals surface area contributed by atoms with Crippen LogP contribution >= 0.6 is 0 Å². The van der Waals surface area contributed by atoms with Gasteiger partial charge in [0.1, 0.15) is 4.90 Å². The first kappa shape index (κ1) is 21.6. The first-order chi connectivity index (χ1) is 11.3. The van der Waals surface area contributed by atoms with Gasteiger partial charge >= 0.3 is 41.5 Å². The zero-order chi connectivity index (χ0) is 17.9. The van der Waals surface area contributed by atoms with E-state index in [0.29, 0.717) is 5.39 Å². The van der Waals surface area contributed by atoms with Gasteiger partial charge in [-0.25, -0.2) is 9.59 Å². The number of hydrogen-bond acceptors (Lipinski definition) is 6. The standard InChI is InChI=1S/C16H16O7S.Na.H/c1-3-22-15(17)11-6-7-12-10(9-11)5-8-13(16(18)23-4-2)14(12)24(19,20)21;;/h5-9H,3-4H2,1-2H3,(H,19,20,21);;. The predicted octanol–water partition coefficient (Wildman–Crippen LogP) is 1.79. The van der Waals surface area contributed by atoms with E-state index in [1.54, 1.807) is 13.8 Å². The van der Waals surface area contributed by atoms with Crippen molar-refractivity contribution in [3.63, 3.8) is 0 Å². The number of esters is 2. The molecule has 0 unspecified atom stereocenters. The molecule has 1 N–H and O–H groups in total. The molecule has 0 fully saturated rings. The third kappa shape index (κ3) is 4.80. The molecule has 2 aromatic carbocycles. The van der Waals surface area contributed by atoms with Crippen LogP contribution in [0.25, 0.3) is 10.8 Å². The van der Waals surface area contributed by atoms with Crippen molar-refractivity contribution in [2.45, 2.75) is 18.7 Å². The van der Waals surface area contributed by atoms with Gasteiger partial charge in [0.2, 0.25) is 0 Å². The minimum atomic E-state index is -4.68. The zero-order valence-corrected chi connectivity index (χ0v) is 13.9.